The Morgan fingerprint density at radius 3 is 2.09 bits per heavy atom. The highest BCUT2D eigenvalue weighted by Gasteiger charge is 2.00. The Kier molecular flexibility index (Phi) is 6.97. The van der Waals surface area contributed by atoms with Crippen molar-refractivity contribution in [2.45, 2.75) is 27.7 Å². The SMILES string of the molecule is C=C(/C=C\C(C)=N)c1ccc(-c2ccc(C)cc2)cn1.CC. The van der Waals surface area contributed by atoms with E-state index in [-0.39, 0.29) is 0 Å². The minimum atomic E-state index is 0.502. The molecule has 0 radical (unpaired) electrons. The van der Waals surface area contributed by atoms with Gasteiger partial charge in [-0.05, 0) is 37.1 Å². The van der Waals surface area contributed by atoms with Gasteiger partial charge in [0.15, 0.2) is 0 Å². The van der Waals surface area contributed by atoms with Crippen LogP contribution in [0.2, 0.25) is 0 Å². The average Bonchev–Trinajstić information content (AvgIpc) is 2.55. The van der Waals surface area contributed by atoms with Gasteiger partial charge in [0.2, 0.25) is 0 Å². The molecule has 0 atom stereocenters. The summed E-state index contributed by atoms with van der Waals surface area (Å²) in [5.74, 6) is 0. The van der Waals surface area contributed by atoms with E-state index in [4.69, 9.17) is 5.41 Å². The lowest BCUT2D eigenvalue weighted by atomic mass is 10.0. The third-order valence-electron chi connectivity index (χ3n) is 3.01. The molecule has 2 heteroatoms. The molecule has 0 aliphatic rings. The molecule has 0 unspecified atom stereocenters. The van der Waals surface area contributed by atoms with Crippen LogP contribution >= 0.6 is 0 Å². The van der Waals surface area contributed by atoms with Crippen LogP contribution in [0, 0.1) is 12.3 Å². The highest BCUT2D eigenvalue weighted by molar-refractivity contribution is 5.92. The van der Waals surface area contributed by atoms with Gasteiger partial charge in [-0.3, -0.25) is 4.98 Å². The number of aromatic nitrogens is 1. The molecule has 1 heterocycles. The molecule has 1 aromatic carbocycles. The third-order valence-corrected chi connectivity index (χ3v) is 3.01. The van der Waals surface area contributed by atoms with Crippen molar-refractivity contribution in [2.24, 2.45) is 0 Å². The number of benzene rings is 1. The lowest BCUT2D eigenvalue weighted by molar-refractivity contribution is 1.28. The summed E-state index contributed by atoms with van der Waals surface area (Å²) in [6.45, 7) is 11.8. The molecule has 0 saturated heterocycles. The summed E-state index contributed by atoms with van der Waals surface area (Å²) in [6, 6.07) is 12.4. The van der Waals surface area contributed by atoms with E-state index >= 15 is 0 Å². The lowest BCUT2D eigenvalue weighted by Crippen LogP contribution is -1.88. The summed E-state index contributed by atoms with van der Waals surface area (Å²) in [4.78, 5) is 4.43. The van der Waals surface area contributed by atoms with E-state index in [0.717, 1.165) is 22.4 Å². The van der Waals surface area contributed by atoms with Gasteiger partial charge in [0.1, 0.15) is 0 Å². The highest BCUT2D eigenvalue weighted by atomic mass is 14.7. The van der Waals surface area contributed by atoms with Gasteiger partial charge >= 0.3 is 0 Å². The molecule has 0 aliphatic carbocycles. The highest BCUT2D eigenvalue weighted by Crippen LogP contribution is 2.20. The van der Waals surface area contributed by atoms with E-state index < -0.39 is 0 Å². The van der Waals surface area contributed by atoms with Crippen molar-refractivity contribution in [1.82, 2.24) is 4.98 Å². The fraction of sp³-hybridized carbons (Fsp3) is 0.200. The molecule has 0 bridgehead atoms. The van der Waals surface area contributed by atoms with Crippen molar-refractivity contribution in [2.75, 3.05) is 0 Å². The molecule has 2 rings (SSSR count). The van der Waals surface area contributed by atoms with E-state index in [1.54, 1.807) is 13.0 Å². The Morgan fingerprint density at radius 1 is 1.00 bits per heavy atom. The van der Waals surface area contributed by atoms with Crippen molar-refractivity contribution in [3.05, 3.63) is 72.6 Å². The largest absolute Gasteiger partial charge is 0.306 e. The number of rotatable bonds is 4. The summed E-state index contributed by atoms with van der Waals surface area (Å²) in [5.41, 5.74) is 5.65. The zero-order valence-corrected chi connectivity index (χ0v) is 13.9. The van der Waals surface area contributed by atoms with Gasteiger partial charge in [-0.2, -0.15) is 0 Å². The minimum absolute atomic E-state index is 0.502. The second-order valence-electron chi connectivity index (χ2n) is 4.84. The van der Waals surface area contributed by atoms with Crippen molar-refractivity contribution < 1.29 is 0 Å². The molecular weight excluding hydrogens is 268 g/mol. The Hall–Kier alpha value is -2.48. The summed E-state index contributed by atoms with van der Waals surface area (Å²) in [6.07, 6.45) is 5.39. The number of pyridine rings is 1. The van der Waals surface area contributed by atoms with Gasteiger partial charge in [-0.25, -0.2) is 0 Å². The predicted octanol–water partition coefficient (Wildman–Crippen LogP) is 5.69. The lowest BCUT2D eigenvalue weighted by Gasteiger charge is -2.04. The molecule has 1 N–H and O–H groups in total. The summed E-state index contributed by atoms with van der Waals surface area (Å²) >= 11 is 0. The van der Waals surface area contributed by atoms with E-state index in [2.05, 4.69) is 42.8 Å². The Morgan fingerprint density at radius 2 is 1.59 bits per heavy atom. The fourth-order valence-electron chi connectivity index (χ4n) is 1.81. The van der Waals surface area contributed by atoms with Gasteiger partial charge < -0.3 is 5.41 Å². The molecule has 0 spiro atoms. The predicted molar refractivity (Wildman–Crippen MR) is 97.3 cm³/mol. The maximum atomic E-state index is 7.37. The van der Waals surface area contributed by atoms with E-state index in [1.165, 1.54) is 5.56 Å². The van der Waals surface area contributed by atoms with Crippen LogP contribution in [0.25, 0.3) is 16.7 Å². The summed E-state index contributed by atoms with van der Waals surface area (Å²) in [5, 5.41) is 7.37. The third kappa shape index (κ3) is 5.13. The topological polar surface area (TPSA) is 36.7 Å². The van der Waals surface area contributed by atoms with Gasteiger partial charge in [-0.15, -0.1) is 0 Å². The van der Waals surface area contributed by atoms with Gasteiger partial charge in [-0.1, -0.05) is 62.4 Å². The van der Waals surface area contributed by atoms with Crippen LogP contribution in [0.15, 0.2) is 61.3 Å². The first kappa shape index (κ1) is 17.6. The van der Waals surface area contributed by atoms with Crippen LogP contribution in [0.5, 0.6) is 0 Å². The number of aryl methyl sites for hydroxylation is 1. The van der Waals surface area contributed by atoms with Gasteiger partial charge in [0, 0.05) is 17.5 Å². The molecular formula is C20H24N2. The average molecular weight is 292 g/mol. The summed E-state index contributed by atoms with van der Waals surface area (Å²) < 4.78 is 0. The number of hydrogen-bond donors (Lipinski definition) is 1. The van der Waals surface area contributed by atoms with Crippen molar-refractivity contribution in [3.8, 4) is 11.1 Å². The molecule has 0 saturated carbocycles. The van der Waals surface area contributed by atoms with Crippen LogP contribution in [0.4, 0.5) is 0 Å². The monoisotopic (exact) mass is 292 g/mol. The van der Waals surface area contributed by atoms with E-state index in [1.807, 2.05) is 38.3 Å². The number of nitrogens with one attached hydrogen (secondary N) is 1. The van der Waals surface area contributed by atoms with Crippen molar-refractivity contribution >= 4 is 11.3 Å². The maximum Gasteiger partial charge on any atom is 0.0696 e. The standard InChI is InChI=1S/C18H18N2.C2H6/c1-13-4-8-16(9-5-13)17-10-11-18(20-12-17)14(2)6-7-15(3)19;1-2/h4-12,19H,2H2,1,3H3;1-2H3/b7-6-,19-15?;. The second-order valence-corrected chi connectivity index (χ2v) is 4.84. The first-order valence-electron chi connectivity index (χ1n) is 7.52. The number of hydrogen-bond acceptors (Lipinski definition) is 2. The second kappa shape index (κ2) is 8.73. The number of nitrogens with zero attached hydrogens (tertiary/aromatic N) is 1. The summed E-state index contributed by atoms with van der Waals surface area (Å²) in [7, 11) is 0. The van der Waals surface area contributed by atoms with Crippen LogP contribution in [0.1, 0.15) is 32.0 Å². The molecule has 0 aliphatic heterocycles. The smallest absolute Gasteiger partial charge is 0.0696 e. The van der Waals surface area contributed by atoms with Crippen LogP contribution in [-0.2, 0) is 0 Å². The van der Waals surface area contributed by atoms with Crippen LogP contribution in [-0.4, -0.2) is 10.7 Å². The van der Waals surface area contributed by atoms with E-state index in [9.17, 15) is 0 Å². The van der Waals surface area contributed by atoms with Gasteiger partial charge in [0.25, 0.3) is 0 Å². The van der Waals surface area contributed by atoms with E-state index in [0.29, 0.717) is 5.71 Å². The molecule has 2 aromatic rings. The van der Waals surface area contributed by atoms with Crippen LogP contribution < -0.4 is 0 Å². The quantitative estimate of drug-likeness (QED) is 0.570. The number of allylic oxidation sites excluding steroid dienone is 3. The van der Waals surface area contributed by atoms with Crippen molar-refractivity contribution in [3.63, 3.8) is 0 Å². The molecule has 22 heavy (non-hydrogen) atoms. The maximum absolute atomic E-state index is 7.37. The molecule has 0 fully saturated rings. The van der Waals surface area contributed by atoms with Crippen molar-refractivity contribution in [1.29, 1.82) is 5.41 Å². The molecule has 114 valence electrons. The molecule has 0 amide bonds. The van der Waals surface area contributed by atoms with Crippen LogP contribution in [0.3, 0.4) is 0 Å². The zero-order chi connectivity index (χ0) is 16.5. The minimum Gasteiger partial charge on any atom is -0.306 e. The first-order chi connectivity index (χ1) is 10.6. The van der Waals surface area contributed by atoms with Gasteiger partial charge in [0.05, 0.1) is 5.69 Å². The molecule has 1 aromatic heterocycles. The normalized spacial score (nSPS) is 10.0. The Balaban J connectivity index is 0.00000116. The molecule has 2 nitrogen and oxygen atoms in total. The zero-order valence-electron chi connectivity index (χ0n) is 13.9. The first-order valence-corrected chi connectivity index (χ1v) is 7.52. The fourth-order valence-corrected chi connectivity index (χ4v) is 1.81. The Labute approximate surface area is 133 Å². The Bertz CT molecular complexity index is 647.